The molecule has 2 aromatic rings. The van der Waals surface area contributed by atoms with Crippen LogP contribution in [0.15, 0.2) is 16.2 Å². The van der Waals surface area contributed by atoms with Crippen molar-refractivity contribution in [1.82, 2.24) is 14.8 Å². The Balaban J connectivity index is 2.33. The maximum Gasteiger partial charge on any atom is 0.333 e. The predicted molar refractivity (Wildman–Crippen MR) is 75.7 cm³/mol. The summed E-state index contributed by atoms with van der Waals surface area (Å²) in [7, 11) is 0. The highest BCUT2D eigenvalue weighted by molar-refractivity contribution is 9.10. The zero-order chi connectivity index (χ0) is 15.6. The molecule has 0 aromatic carbocycles. The van der Waals surface area contributed by atoms with E-state index >= 15 is 0 Å². The van der Waals surface area contributed by atoms with Gasteiger partial charge < -0.3 is 0 Å². The van der Waals surface area contributed by atoms with Crippen LogP contribution in [0, 0.1) is 0 Å². The number of carbonyl (C=O) groups excluding carboxylic acids is 2. The Morgan fingerprint density at radius 1 is 1.48 bits per heavy atom. The van der Waals surface area contributed by atoms with Gasteiger partial charge in [0.1, 0.15) is 16.1 Å². The van der Waals surface area contributed by atoms with Crippen LogP contribution < -0.4 is 0 Å². The van der Waals surface area contributed by atoms with E-state index in [0.717, 1.165) is 6.20 Å². The molecule has 0 fully saturated rings. The molecule has 0 amide bonds. The maximum absolute atomic E-state index is 12.7. The van der Waals surface area contributed by atoms with E-state index in [1.54, 1.807) is 5.38 Å². The van der Waals surface area contributed by atoms with Crippen LogP contribution in [0.2, 0.25) is 0 Å². The molecule has 112 valence electrons. The lowest BCUT2D eigenvalue weighted by Gasteiger charge is -1.98. The number of nitrogens with zero attached hydrogens (tertiary/aromatic N) is 3. The van der Waals surface area contributed by atoms with Crippen LogP contribution in [-0.4, -0.2) is 26.3 Å². The summed E-state index contributed by atoms with van der Waals surface area (Å²) in [4.78, 5) is 27.1. The van der Waals surface area contributed by atoms with Gasteiger partial charge in [-0.2, -0.15) is 13.9 Å². The topological polar surface area (TPSA) is 64.8 Å². The van der Waals surface area contributed by atoms with E-state index in [4.69, 9.17) is 0 Å². The van der Waals surface area contributed by atoms with E-state index < -0.39 is 12.3 Å². The zero-order valence-electron chi connectivity index (χ0n) is 10.8. The predicted octanol–water partition coefficient (Wildman–Crippen LogP) is 3.25. The quantitative estimate of drug-likeness (QED) is 0.572. The fourth-order valence-electron chi connectivity index (χ4n) is 1.74. The molecule has 0 saturated carbocycles. The van der Waals surface area contributed by atoms with E-state index in [2.05, 4.69) is 26.0 Å². The molecule has 0 aliphatic heterocycles. The SMILES string of the molecule is CC(=O)CC(=O)c1nn(C(F)F)cc1Cc1nc(Br)cs1. The highest BCUT2D eigenvalue weighted by Crippen LogP contribution is 2.22. The molecule has 0 aliphatic rings. The van der Waals surface area contributed by atoms with Crippen LogP contribution in [0.1, 0.15) is 41.0 Å². The lowest BCUT2D eigenvalue weighted by Crippen LogP contribution is -2.09. The van der Waals surface area contributed by atoms with Gasteiger partial charge in [0.05, 0.1) is 11.4 Å². The average Bonchev–Trinajstić information content (AvgIpc) is 2.95. The molecule has 0 radical (unpaired) electrons. The Bertz CT molecular complexity index is 684. The number of halogens is 3. The smallest absolute Gasteiger partial charge is 0.300 e. The second-order valence-electron chi connectivity index (χ2n) is 4.30. The zero-order valence-corrected chi connectivity index (χ0v) is 13.2. The third-order valence-corrected chi connectivity index (χ3v) is 4.10. The second-order valence-corrected chi connectivity index (χ2v) is 6.06. The van der Waals surface area contributed by atoms with Crippen LogP contribution >= 0.6 is 27.3 Å². The molecule has 2 rings (SSSR count). The minimum Gasteiger partial charge on any atom is -0.300 e. The monoisotopic (exact) mass is 377 g/mol. The maximum atomic E-state index is 12.7. The van der Waals surface area contributed by atoms with E-state index in [0.29, 0.717) is 19.9 Å². The molecular formula is C12H10BrF2N3O2S. The van der Waals surface area contributed by atoms with E-state index in [9.17, 15) is 18.4 Å². The first-order valence-electron chi connectivity index (χ1n) is 5.85. The molecule has 0 saturated heterocycles. The fraction of sp³-hybridized carbons (Fsp3) is 0.333. The first-order valence-corrected chi connectivity index (χ1v) is 7.52. The Labute approximate surface area is 131 Å². The summed E-state index contributed by atoms with van der Waals surface area (Å²) in [6, 6.07) is 0. The van der Waals surface area contributed by atoms with Gasteiger partial charge in [-0.25, -0.2) is 9.67 Å². The summed E-state index contributed by atoms with van der Waals surface area (Å²) in [5.41, 5.74) is 0.236. The summed E-state index contributed by atoms with van der Waals surface area (Å²) in [5, 5.41) is 6.01. The summed E-state index contributed by atoms with van der Waals surface area (Å²) in [5.74, 6) is -0.901. The van der Waals surface area contributed by atoms with Crippen molar-refractivity contribution in [2.75, 3.05) is 0 Å². The van der Waals surface area contributed by atoms with Crippen molar-refractivity contribution in [2.24, 2.45) is 0 Å². The Kier molecular flexibility index (Phi) is 4.94. The minimum atomic E-state index is -2.84. The van der Waals surface area contributed by atoms with E-state index in [1.165, 1.54) is 18.3 Å². The first kappa shape index (κ1) is 15.9. The van der Waals surface area contributed by atoms with Crippen LogP contribution in [0.4, 0.5) is 8.78 Å². The number of Topliss-reactive ketones (excluding diaryl/α,β-unsaturated/α-hetero) is 2. The molecule has 2 aromatic heterocycles. The molecule has 2 heterocycles. The standard InChI is InChI=1S/C12H10BrF2N3O2S/c1-6(19)2-8(20)11-7(4-18(17-11)12(14)15)3-10-16-9(13)5-21-10/h4-5,12H,2-3H2,1H3. The van der Waals surface area contributed by atoms with Gasteiger partial charge in [-0.05, 0) is 22.9 Å². The van der Waals surface area contributed by atoms with Gasteiger partial charge in [0.15, 0.2) is 5.78 Å². The van der Waals surface area contributed by atoms with Gasteiger partial charge in [-0.3, -0.25) is 9.59 Å². The van der Waals surface area contributed by atoms with E-state index in [1.807, 2.05) is 0 Å². The van der Waals surface area contributed by atoms with Gasteiger partial charge in [-0.1, -0.05) is 0 Å². The van der Waals surface area contributed by atoms with Gasteiger partial charge in [0.2, 0.25) is 0 Å². The van der Waals surface area contributed by atoms with Gasteiger partial charge in [-0.15, -0.1) is 11.3 Å². The lowest BCUT2D eigenvalue weighted by molar-refractivity contribution is -0.116. The average molecular weight is 378 g/mol. The Morgan fingerprint density at radius 2 is 2.19 bits per heavy atom. The molecule has 0 bridgehead atoms. The highest BCUT2D eigenvalue weighted by Gasteiger charge is 2.21. The summed E-state index contributed by atoms with van der Waals surface area (Å²) in [6.07, 6.45) is 0.976. The molecule has 0 spiro atoms. The van der Waals surface area contributed by atoms with Crippen molar-refractivity contribution in [3.63, 3.8) is 0 Å². The molecule has 0 atom stereocenters. The molecule has 5 nitrogen and oxygen atoms in total. The van der Waals surface area contributed by atoms with Crippen LogP contribution in [0.3, 0.4) is 0 Å². The van der Waals surface area contributed by atoms with Gasteiger partial charge in [0.25, 0.3) is 0 Å². The molecule has 21 heavy (non-hydrogen) atoms. The molecule has 9 heteroatoms. The number of thiazole rings is 1. The van der Waals surface area contributed by atoms with Crippen LogP contribution in [0.5, 0.6) is 0 Å². The van der Waals surface area contributed by atoms with E-state index in [-0.39, 0.29) is 24.3 Å². The van der Waals surface area contributed by atoms with Crippen LogP contribution in [0.25, 0.3) is 0 Å². The molecular weight excluding hydrogens is 368 g/mol. The van der Waals surface area contributed by atoms with Crippen molar-refractivity contribution in [2.45, 2.75) is 26.3 Å². The van der Waals surface area contributed by atoms with Gasteiger partial charge in [0, 0.05) is 23.6 Å². The molecule has 0 unspecified atom stereocenters. The first-order chi connectivity index (χ1) is 9.86. The van der Waals surface area contributed by atoms with Crippen molar-refractivity contribution < 1.29 is 18.4 Å². The normalized spacial score (nSPS) is 11.1. The summed E-state index contributed by atoms with van der Waals surface area (Å²) in [6.45, 7) is -1.58. The number of hydrogen-bond acceptors (Lipinski definition) is 5. The third-order valence-electron chi connectivity index (χ3n) is 2.55. The fourth-order valence-corrected chi connectivity index (χ4v) is 3.02. The van der Waals surface area contributed by atoms with Crippen molar-refractivity contribution in [3.05, 3.63) is 32.4 Å². The lowest BCUT2D eigenvalue weighted by atomic mass is 10.1. The van der Waals surface area contributed by atoms with Crippen molar-refractivity contribution >= 4 is 38.8 Å². The summed E-state index contributed by atoms with van der Waals surface area (Å²) < 4.78 is 26.5. The van der Waals surface area contributed by atoms with Crippen molar-refractivity contribution in [1.29, 1.82) is 0 Å². The highest BCUT2D eigenvalue weighted by atomic mass is 79.9. The van der Waals surface area contributed by atoms with Gasteiger partial charge >= 0.3 is 6.55 Å². The minimum absolute atomic E-state index is 0.100. The molecule has 0 aliphatic carbocycles. The second kappa shape index (κ2) is 6.52. The number of aromatic nitrogens is 3. The Morgan fingerprint density at radius 3 is 2.71 bits per heavy atom. The summed E-state index contributed by atoms with van der Waals surface area (Å²) >= 11 is 4.54. The number of alkyl halides is 2. The van der Waals surface area contributed by atoms with Crippen LogP contribution in [-0.2, 0) is 11.2 Å². The number of carbonyl (C=O) groups is 2. The largest absolute Gasteiger partial charge is 0.333 e. The Hall–Kier alpha value is -1.48. The third kappa shape index (κ3) is 4.01. The van der Waals surface area contributed by atoms with Crippen molar-refractivity contribution in [3.8, 4) is 0 Å². The number of rotatable bonds is 6. The molecule has 0 N–H and O–H groups in total. The number of hydrogen-bond donors (Lipinski definition) is 0. The number of ketones is 2.